The summed E-state index contributed by atoms with van der Waals surface area (Å²) in [6.45, 7) is 5.45. The third-order valence-corrected chi connectivity index (χ3v) is 20.7. The van der Waals surface area contributed by atoms with E-state index in [1.54, 1.807) is 13.0 Å². The van der Waals surface area contributed by atoms with Crippen LogP contribution in [0.5, 0.6) is 11.5 Å². The Kier molecular flexibility index (Phi) is 14.4. The minimum absolute atomic E-state index is 0.00198. The van der Waals surface area contributed by atoms with E-state index >= 15 is 4.79 Å². The summed E-state index contributed by atoms with van der Waals surface area (Å²) >= 11 is 0. The molecule has 1 aromatic rings. The number of phenols is 1. The maximum atomic E-state index is 16.1. The Bertz CT molecular complexity index is 2160. The summed E-state index contributed by atoms with van der Waals surface area (Å²) in [5.74, 6) is 5.88. The normalized spacial score (nSPS) is 39.3. The van der Waals surface area contributed by atoms with Gasteiger partial charge in [-0.3, -0.25) is 9.59 Å². The summed E-state index contributed by atoms with van der Waals surface area (Å²) in [4.78, 5) is 45.0. The minimum Gasteiger partial charge on any atom is -0.504 e. The van der Waals surface area contributed by atoms with Gasteiger partial charge in [-0.2, -0.15) is 0 Å². The maximum absolute atomic E-state index is 16.1. The number of amides is 1. The summed E-state index contributed by atoms with van der Waals surface area (Å²) in [5.41, 5.74) is -0.797. The van der Waals surface area contributed by atoms with Crippen LogP contribution in [-0.2, 0) is 23.9 Å². The van der Waals surface area contributed by atoms with Gasteiger partial charge in [0, 0.05) is 72.5 Å². The van der Waals surface area contributed by atoms with Crippen molar-refractivity contribution in [3.05, 3.63) is 23.3 Å². The van der Waals surface area contributed by atoms with Gasteiger partial charge in [-0.05, 0) is 159 Å². The van der Waals surface area contributed by atoms with Gasteiger partial charge in [0.25, 0.3) is 0 Å². The molecule has 4 saturated heterocycles. The highest BCUT2D eigenvalue weighted by Gasteiger charge is 2.66. The van der Waals surface area contributed by atoms with Crippen molar-refractivity contribution in [2.75, 3.05) is 39.9 Å². The molecule has 2 bridgehead atoms. The van der Waals surface area contributed by atoms with E-state index in [1.807, 2.05) is 7.05 Å². The Hall–Kier alpha value is -3.41. The number of fused-ring (bicyclic) bond motifs is 6. The van der Waals surface area contributed by atoms with Gasteiger partial charge in [-0.15, -0.1) is 5.92 Å². The maximum Gasteiger partial charge on any atom is 0.332 e. The van der Waals surface area contributed by atoms with Gasteiger partial charge in [-0.25, -0.2) is 4.79 Å². The zero-order chi connectivity index (χ0) is 49.0. The molecule has 7 N–H and O–H groups in total. The Labute approximate surface area is 416 Å². The second-order valence-electron chi connectivity index (χ2n) is 24.3. The van der Waals surface area contributed by atoms with E-state index in [9.17, 15) is 30.0 Å². The molecule has 5 heterocycles. The lowest BCUT2D eigenvalue weighted by molar-refractivity contribution is -0.195. The number of aliphatic hydroxyl groups excluding tert-OH is 3. The smallest absolute Gasteiger partial charge is 0.332 e. The predicted molar refractivity (Wildman–Crippen MR) is 263 cm³/mol. The van der Waals surface area contributed by atoms with Crippen LogP contribution in [-0.4, -0.2) is 108 Å². The Balaban J connectivity index is 1.23. The summed E-state index contributed by atoms with van der Waals surface area (Å²) in [6.07, 6.45) is 12.5. The van der Waals surface area contributed by atoms with Crippen molar-refractivity contribution in [3.8, 4) is 23.3 Å². The molecule has 1 amide bonds. The van der Waals surface area contributed by atoms with Crippen molar-refractivity contribution in [1.82, 2.24) is 16.0 Å². The van der Waals surface area contributed by atoms with Gasteiger partial charge in [0.1, 0.15) is 17.7 Å². The number of piperidine rings is 2. The van der Waals surface area contributed by atoms with Crippen molar-refractivity contribution in [2.24, 2.45) is 57.7 Å². The van der Waals surface area contributed by atoms with Crippen molar-refractivity contribution >= 4 is 17.8 Å². The second kappa shape index (κ2) is 20.1. The van der Waals surface area contributed by atoms with Crippen molar-refractivity contribution in [2.45, 2.75) is 190 Å². The number of nitrogens with one attached hydrogen (secondary N) is 3. The molecule has 15 atom stereocenters. The monoisotopic (exact) mass is 970 g/mol. The number of rotatable bonds is 10. The Morgan fingerprint density at radius 2 is 1.76 bits per heavy atom. The van der Waals surface area contributed by atoms with Gasteiger partial charge in [-0.1, -0.05) is 44.1 Å². The van der Waals surface area contributed by atoms with Crippen LogP contribution in [0.25, 0.3) is 0 Å². The fourth-order valence-electron chi connectivity index (χ4n) is 17.6. The molecule has 13 nitrogen and oxygen atoms in total. The number of phenolic OH excluding ortho intramolecular Hbond substituents is 1. The number of likely N-dealkylation sites (N-methyl/N-ethyl adjacent to an activating group) is 1. The van der Waals surface area contributed by atoms with Gasteiger partial charge in [0.05, 0.1) is 24.2 Å². The van der Waals surface area contributed by atoms with Crippen molar-refractivity contribution < 1.29 is 49.0 Å². The molecule has 15 unspecified atom stereocenters. The highest BCUT2D eigenvalue weighted by Crippen LogP contribution is 2.66. The summed E-state index contributed by atoms with van der Waals surface area (Å²) in [6, 6.07) is 3.86. The minimum atomic E-state index is -1.18. The molecule has 7 fully saturated rings. The van der Waals surface area contributed by atoms with E-state index in [-0.39, 0.29) is 77.0 Å². The molecular weight excluding hydrogens is 887 g/mol. The number of carbonyl (C=O) groups is 3. The number of aromatic hydroxyl groups is 1. The van der Waals surface area contributed by atoms with E-state index in [0.29, 0.717) is 103 Å². The topological polar surface area (TPSA) is 196 Å². The largest absolute Gasteiger partial charge is 0.504 e. The number of esters is 2. The van der Waals surface area contributed by atoms with E-state index in [2.05, 4.69) is 33.9 Å². The average Bonchev–Trinajstić information content (AvgIpc) is 3.99. The summed E-state index contributed by atoms with van der Waals surface area (Å²) in [5, 5.41) is 56.1. The molecule has 5 aliphatic heterocycles. The van der Waals surface area contributed by atoms with Crippen LogP contribution in [0, 0.1) is 69.5 Å². The first-order chi connectivity index (χ1) is 33.8. The van der Waals surface area contributed by atoms with E-state index in [1.165, 1.54) is 6.92 Å². The third-order valence-electron chi connectivity index (χ3n) is 20.7. The molecule has 0 radical (unpaired) electrons. The highest BCUT2D eigenvalue weighted by molar-refractivity contribution is 5.93. The SMILES string of the molecule is CNCC(O)CCC1C(CC(C)O)CC#CC2CC3c4c(ccc(O)c4OCC3C3(CO)CCCC3)C2C2(CCNCC2)C2OC(=O)C34CCCCC3CC3(CCCC3CCC2C1OC(C)=O)C(=O)N4. The fraction of sp³-hybridized carbons (Fsp3) is 0.807. The number of hydrogen-bond donors (Lipinski definition) is 7. The van der Waals surface area contributed by atoms with Gasteiger partial charge in [0.15, 0.2) is 11.5 Å². The molecule has 70 heavy (non-hydrogen) atoms. The van der Waals surface area contributed by atoms with Crippen molar-refractivity contribution in [1.29, 1.82) is 0 Å². The lowest BCUT2D eigenvalue weighted by atomic mass is 9.50. The molecule has 13 heteroatoms. The van der Waals surface area contributed by atoms with Crippen LogP contribution in [0.3, 0.4) is 0 Å². The standard InChI is InChI=1S/C57H83N3O10/c1-34(62)28-36-10-8-11-37-29-44-45(54(33-61)20-6-7-21-54)32-68-50-46(65)19-18-42(47(44)50)48(37)55(24-26-59-27-25-55)51-43(49(69-35(2)63)41(36)17-15-40(64)31-58-3)16-14-38-13-9-22-56(38)30-39-12-4-5-23-57(39,53(67)70-51)60-52(56)66/h18-19,34,36-41,43-45,48-49,51,58-59,61-62,64-65H,4-7,9-10,12-17,20-33H2,1-3H3,(H,60,66). The Morgan fingerprint density at radius 3 is 2.50 bits per heavy atom. The molecule has 5 aliphatic carbocycles. The van der Waals surface area contributed by atoms with Crippen molar-refractivity contribution in [3.63, 3.8) is 0 Å². The summed E-state index contributed by atoms with van der Waals surface area (Å²) < 4.78 is 21.2. The van der Waals surface area contributed by atoms with E-state index in [0.717, 1.165) is 75.3 Å². The van der Waals surface area contributed by atoms with Crippen LogP contribution < -0.4 is 20.7 Å². The lowest BCUT2D eigenvalue weighted by Crippen LogP contribution is -2.69. The fourth-order valence-corrected chi connectivity index (χ4v) is 17.6. The first-order valence-electron chi connectivity index (χ1n) is 27.8. The van der Waals surface area contributed by atoms with Gasteiger partial charge in [0.2, 0.25) is 5.91 Å². The number of hydrogen-bond acceptors (Lipinski definition) is 12. The number of aliphatic hydroxyl groups is 3. The highest BCUT2D eigenvalue weighted by atomic mass is 16.6. The van der Waals surface area contributed by atoms with Gasteiger partial charge < -0.3 is 50.6 Å². The van der Waals surface area contributed by atoms with Crippen LogP contribution in [0.15, 0.2) is 12.1 Å². The number of ether oxygens (including phenoxy) is 3. The average molecular weight is 970 g/mol. The van der Waals surface area contributed by atoms with E-state index in [4.69, 9.17) is 14.2 Å². The number of benzene rings is 1. The molecule has 386 valence electrons. The first kappa shape index (κ1) is 50.1. The molecule has 10 aliphatic rings. The van der Waals surface area contributed by atoms with E-state index < -0.39 is 52.7 Å². The first-order valence-corrected chi connectivity index (χ1v) is 27.8. The molecular formula is C57H83N3O10. The second-order valence-corrected chi connectivity index (χ2v) is 24.3. The molecule has 11 rings (SSSR count). The van der Waals surface area contributed by atoms with Crippen LogP contribution in [0.2, 0.25) is 0 Å². The van der Waals surface area contributed by atoms with Gasteiger partial charge >= 0.3 is 11.9 Å². The number of carbonyl (C=O) groups excluding carboxylic acids is 3. The Morgan fingerprint density at radius 1 is 0.986 bits per heavy atom. The molecule has 1 aromatic carbocycles. The zero-order valence-electron chi connectivity index (χ0n) is 42.3. The predicted octanol–water partition coefficient (Wildman–Crippen LogP) is 6.77. The molecule has 3 saturated carbocycles. The third kappa shape index (κ3) is 8.57. The molecule has 3 spiro atoms. The quantitative estimate of drug-likeness (QED) is 0.0963. The summed E-state index contributed by atoms with van der Waals surface area (Å²) in [7, 11) is 1.82. The molecule has 0 aromatic heterocycles. The van der Waals surface area contributed by atoms with Crippen LogP contribution >= 0.6 is 0 Å². The van der Waals surface area contributed by atoms with Crippen LogP contribution in [0.1, 0.15) is 172 Å². The lowest BCUT2D eigenvalue weighted by Gasteiger charge is -2.57. The van der Waals surface area contributed by atoms with Crippen LogP contribution in [0.4, 0.5) is 0 Å². The zero-order valence-corrected chi connectivity index (χ0v) is 42.3.